The van der Waals surface area contributed by atoms with E-state index in [4.69, 9.17) is 18.0 Å². The summed E-state index contributed by atoms with van der Waals surface area (Å²) in [6.45, 7) is 2.16. The number of nitrogens with two attached hydrogens (primary N) is 1. The van der Waals surface area contributed by atoms with Crippen LogP contribution in [-0.4, -0.2) is 10.9 Å². The number of nitrogens with one attached hydrogen (secondary N) is 1. The average molecular weight is 304 g/mol. The SMILES string of the molecule is CCCc1ccc(NC(=O)C2(C(N)=S)CCCCC2)cc1. The van der Waals surface area contributed by atoms with E-state index in [0.29, 0.717) is 4.99 Å². The van der Waals surface area contributed by atoms with E-state index >= 15 is 0 Å². The number of hydrogen-bond acceptors (Lipinski definition) is 2. The van der Waals surface area contributed by atoms with Crippen molar-refractivity contribution >= 4 is 28.8 Å². The quantitative estimate of drug-likeness (QED) is 0.813. The lowest BCUT2D eigenvalue weighted by atomic mass is 9.73. The molecular formula is C17H24N2OS. The molecule has 1 aliphatic carbocycles. The smallest absolute Gasteiger partial charge is 0.237 e. The van der Waals surface area contributed by atoms with Crippen LogP contribution >= 0.6 is 12.2 Å². The Morgan fingerprint density at radius 2 is 1.86 bits per heavy atom. The first kappa shape index (κ1) is 16.0. The van der Waals surface area contributed by atoms with Gasteiger partial charge in [0, 0.05) is 5.69 Å². The first-order valence-electron chi connectivity index (χ1n) is 7.79. The molecule has 2 rings (SSSR count). The Kier molecular flexibility index (Phi) is 5.34. The molecular weight excluding hydrogens is 280 g/mol. The van der Waals surface area contributed by atoms with Gasteiger partial charge in [0.1, 0.15) is 0 Å². The summed E-state index contributed by atoms with van der Waals surface area (Å²) < 4.78 is 0. The van der Waals surface area contributed by atoms with Gasteiger partial charge in [-0.05, 0) is 37.0 Å². The molecule has 1 aromatic rings. The standard InChI is InChI=1S/C17H24N2OS/c1-2-6-13-7-9-14(10-8-13)19-16(20)17(15(18)21)11-4-3-5-12-17/h7-10H,2-6,11-12H2,1H3,(H2,18,21)(H,19,20). The van der Waals surface area contributed by atoms with Crippen molar-refractivity contribution in [2.75, 3.05) is 5.32 Å². The largest absolute Gasteiger partial charge is 0.392 e. The Bertz CT molecular complexity index is 504. The number of carbonyl (C=O) groups is 1. The fourth-order valence-corrected chi connectivity index (χ4v) is 3.33. The molecule has 0 saturated heterocycles. The molecule has 0 heterocycles. The van der Waals surface area contributed by atoms with Crippen LogP contribution in [0.5, 0.6) is 0 Å². The molecule has 0 bridgehead atoms. The van der Waals surface area contributed by atoms with Gasteiger partial charge in [-0.2, -0.15) is 0 Å². The van der Waals surface area contributed by atoms with Crippen molar-refractivity contribution in [2.45, 2.75) is 51.9 Å². The third-order valence-electron chi connectivity index (χ3n) is 4.36. The molecule has 21 heavy (non-hydrogen) atoms. The monoisotopic (exact) mass is 304 g/mol. The minimum atomic E-state index is -0.657. The van der Waals surface area contributed by atoms with Crippen LogP contribution in [-0.2, 0) is 11.2 Å². The molecule has 3 N–H and O–H groups in total. The Morgan fingerprint density at radius 1 is 1.24 bits per heavy atom. The minimum Gasteiger partial charge on any atom is -0.392 e. The van der Waals surface area contributed by atoms with Gasteiger partial charge in [-0.3, -0.25) is 4.79 Å². The lowest BCUT2D eigenvalue weighted by molar-refractivity contribution is -0.123. The fourth-order valence-electron chi connectivity index (χ4n) is 3.03. The van der Waals surface area contributed by atoms with Gasteiger partial charge < -0.3 is 11.1 Å². The molecule has 0 radical (unpaired) electrons. The van der Waals surface area contributed by atoms with Gasteiger partial charge in [-0.25, -0.2) is 0 Å². The van der Waals surface area contributed by atoms with Crippen LogP contribution in [0.3, 0.4) is 0 Å². The van der Waals surface area contributed by atoms with E-state index in [-0.39, 0.29) is 5.91 Å². The van der Waals surface area contributed by atoms with Gasteiger partial charge in [-0.1, -0.05) is 57.0 Å². The van der Waals surface area contributed by atoms with Gasteiger partial charge in [0.25, 0.3) is 0 Å². The summed E-state index contributed by atoms with van der Waals surface area (Å²) >= 11 is 5.19. The Labute approximate surface area is 132 Å². The molecule has 4 heteroatoms. The number of benzene rings is 1. The highest BCUT2D eigenvalue weighted by Crippen LogP contribution is 2.37. The normalized spacial score (nSPS) is 17.2. The molecule has 1 aliphatic rings. The second kappa shape index (κ2) is 7.03. The summed E-state index contributed by atoms with van der Waals surface area (Å²) in [6.07, 6.45) is 6.90. The van der Waals surface area contributed by atoms with E-state index in [9.17, 15) is 4.79 Å². The Morgan fingerprint density at radius 3 is 2.38 bits per heavy atom. The molecule has 0 unspecified atom stereocenters. The van der Waals surface area contributed by atoms with Gasteiger partial charge in [0.15, 0.2) is 0 Å². The Hall–Kier alpha value is -1.42. The summed E-state index contributed by atoms with van der Waals surface area (Å²) in [4.78, 5) is 13.0. The van der Waals surface area contributed by atoms with Crippen LogP contribution in [0.15, 0.2) is 24.3 Å². The fraction of sp³-hybridized carbons (Fsp3) is 0.529. The van der Waals surface area contributed by atoms with E-state index in [0.717, 1.165) is 50.6 Å². The molecule has 1 aromatic carbocycles. The zero-order valence-electron chi connectivity index (χ0n) is 12.7. The van der Waals surface area contributed by atoms with Crippen molar-refractivity contribution in [3.63, 3.8) is 0 Å². The van der Waals surface area contributed by atoms with Crippen molar-refractivity contribution in [2.24, 2.45) is 11.1 Å². The third-order valence-corrected chi connectivity index (χ3v) is 4.75. The molecule has 0 spiro atoms. The predicted molar refractivity (Wildman–Crippen MR) is 91.4 cm³/mol. The van der Waals surface area contributed by atoms with Crippen LogP contribution in [0.25, 0.3) is 0 Å². The average Bonchev–Trinajstić information content (AvgIpc) is 2.50. The van der Waals surface area contributed by atoms with Crippen LogP contribution in [0.1, 0.15) is 51.0 Å². The van der Waals surface area contributed by atoms with Crippen LogP contribution in [0, 0.1) is 5.41 Å². The van der Waals surface area contributed by atoms with E-state index in [2.05, 4.69) is 24.4 Å². The first-order valence-corrected chi connectivity index (χ1v) is 8.19. The predicted octanol–water partition coefficient (Wildman–Crippen LogP) is 3.81. The zero-order chi connectivity index (χ0) is 15.3. The maximum atomic E-state index is 12.7. The molecule has 3 nitrogen and oxygen atoms in total. The summed E-state index contributed by atoms with van der Waals surface area (Å²) in [5.41, 5.74) is 7.34. The number of aryl methyl sites for hydroxylation is 1. The van der Waals surface area contributed by atoms with Gasteiger partial charge in [0.2, 0.25) is 5.91 Å². The molecule has 1 fully saturated rings. The van der Waals surface area contributed by atoms with Crippen LogP contribution in [0.2, 0.25) is 0 Å². The lowest BCUT2D eigenvalue weighted by Gasteiger charge is -2.34. The third kappa shape index (κ3) is 3.62. The molecule has 0 atom stereocenters. The van der Waals surface area contributed by atoms with Crippen LogP contribution < -0.4 is 11.1 Å². The number of rotatable bonds is 5. The molecule has 1 amide bonds. The summed E-state index contributed by atoms with van der Waals surface area (Å²) in [5.74, 6) is -0.0436. The minimum absolute atomic E-state index is 0.0436. The van der Waals surface area contributed by atoms with Gasteiger partial charge >= 0.3 is 0 Å². The van der Waals surface area contributed by atoms with E-state index in [1.165, 1.54) is 5.56 Å². The second-order valence-corrected chi connectivity index (χ2v) is 6.35. The van der Waals surface area contributed by atoms with E-state index in [1.807, 2.05) is 12.1 Å². The number of thiocarbonyl (C=S) groups is 1. The summed E-state index contributed by atoms with van der Waals surface area (Å²) in [5, 5.41) is 3.00. The van der Waals surface area contributed by atoms with E-state index in [1.54, 1.807) is 0 Å². The highest BCUT2D eigenvalue weighted by molar-refractivity contribution is 7.80. The number of hydrogen-bond donors (Lipinski definition) is 2. The number of amides is 1. The zero-order valence-corrected chi connectivity index (χ0v) is 13.5. The number of anilines is 1. The van der Waals surface area contributed by atoms with Gasteiger partial charge in [-0.15, -0.1) is 0 Å². The molecule has 1 saturated carbocycles. The van der Waals surface area contributed by atoms with Crippen molar-refractivity contribution in [1.29, 1.82) is 0 Å². The van der Waals surface area contributed by atoms with Crippen molar-refractivity contribution < 1.29 is 4.79 Å². The maximum Gasteiger partial charge on any atom is 0.237 e. The van der Waals surface area contributed by atoms with Crippen molar-refractivity contribution in [1.82, 2.24) is 0 Å². The number of carbonyl (C=O) groups excluding carboxylic acids is 1. The highest BCUT2D eigenvalue weighted by atomic mass is 32.1. The maximum absolute atomic E-state index is 12.7. The van der Waals surface area contributed by atoms with Crippen molar-refractivity contribution in [3.8, 4) is 0 Å². The molecule has 114 valence electrons. The van der Waals surface area contributed by atoms with E-state index < -0.39 is 5.41 Å². The Balaban J connectivity index is 2.09. The first-order chi connectivity index (χ1) is 10.1. The molecule has 0 aromatic heterocycles. The topological polar surface area (TPSA) is 55.1 Å². The molecule has 0 aliphatic heterocycles. The summed E-state index contributed by atoms with van der Waals surface area (Å²) in [6, 6.07) is 8.04. The lowest BCUT2D eigenvalue weighted by Crippen LogP contribution is -2.47. The second-order valence-electron chi connectivity index (χ2n) is 5.91. The summed E-state index contributed by atoms with van der Waals surface area (Å²) in [7, 11) is 0. The van der Waals surface area contributed by atoms with Crippen LogP contribution in [0.4, 0.5) is 5.69 Å². The van der Waals surface area contributed by atoms with Gasteiger partial charge in [0.05, 0.1) is 10.4 Å². The van der Waals surface area contributed by atoms with Crippen molar-refractivity contribution in [3.05, 3.63) is 29.8 Å². The highest BCUT2D eigenvalue weighted by Gasteiger charge is 2.42.